The van der Waals surface area contributed by atoms with Crippen molar-refractivity contribution in [1.82, 2.24) is 4.90 Å². The molecule has 0 bridgehead atoms. The Labute approximate surface area is 138 Å². The number of nitrogens with zero attached hydrogens (tertiary/aromatic N) is 2. The van der Waals surface area contributed by atoms with Gasteiger partial charge in [0.05, 0.1) is 0 Å². The zero-order chi connectivity index (χ0) is 15.5. The summed E-state index contributed by atoms with van der Waals surface area (Å²) < 4.78 is 0.973. The number of aromatic hydroxyl groups is 1. The predicted octanol–water partition coefficient (Wildman–Crippen LogP) is 3.12. The molecule has 1 aliphatic rings. The van der Waals surface area contributed by atoms with E-state index in [0.717, 1.165) is 28.8 Å². The standard InChI is InChI=1S/C17H17BrN2O2/c18-14-3-1-13(2-4-14)17(22)20-11-9-19(10-12-20)15-5-7-16(21)8-6-15/h1-8,21H,9-12H2. The number of hydrogen-bond donors (Lipinski definition) is 1. The molecule has 1 amide bonds. The molecule has 1 saturated heterocycles. The maximum atomic E-state index is 12.5. The molecule has 5 heteroatoms. The van der Waals surface area contributed by atoms with Crippen LogP contribution in [0.1, 0.15) is 10.4 Å². The second-order valence-electron chi connectivity index (χ2n) is 5.30. The largest absolute Gasteiger partial charge is 0.508 e. The first-order valence-corrected chi connectivity index (χ1v) is 8.01. The third-order valence-corrected chi connectivity index (χ3v) is 4.40. The number of benzene rings is 2. The molecule has 0 radical (unpaired) electrons. The molecule has 0 atom stereocenters. The molecule has 2 aromatic carbocycles. The second-order valence-corrected chi connectivity index (χ2v) is 6.22. The summed E-state index contributed by atoms with van der Waals surface area (Å²) in [4.78, 5) is 16.6. The lowest BCUT2D eigenvalue weighted by molar-refractivity contribution is 0.0747. The van der Waals surface area contributed by atoms with Gasteiger partial charge in [0.25, 0.3) is 5.91 Å². The van der Waals surface area contributed by atoms with Crippen LogP contribution >= 0.6 is 15.9 Å². The number of anilines is 1. The summed E-state index contributed by atoms with van der Waals surface area (Å²) in [6, 6.07) is 14.7. The Morgan fingerprint density at radius 2 is 1.50 bits per heavy atom. The molecule has 22 heavy (non-hydrogen) atoms. The summed E-state index contributed by atoms with van der Waals surface area (Å²) >= 11 is 3.38. The highest BCUT2D eigenvalue weighted by molar-refractivity contribution is 9.10. The fourth-order valence-electron chi connectivity index (χ4n) is 2.61. The number of phenolic OH excluding ortho intramolecular Hbond substituents is 1. The van der Waals surface area contributed by atoms with E-state index >= 15 is 0 Å². The molecule has 1 aliphatic heterocycles. The van der Waals surface area contributed by atoms with Gasteiger partial charge in [-0.2, -0.15) is 0 Å². The molecule has 2 aromatic rings. The van der Waals surface area contributed by atoms with Crippen LogP contribution in [0.4, 0.5) is 5.69 Å². The molecule has 1 heterocycles. The van der Waals surface area contributed by atoms with E-state index in [1.807, 2.05) is 41.3 Å². The lowest BCUT2D eigenvalue weighted by Gasteiger charge is -2.36. The van der Waals surface area contributed by atoms with Crippen molar-refractivity contribution < 1.29 is 9.90 Å². The van der Waals surface area contributed by atoms with Crippen LogP contribution in [0.2, 0.25) is 0 Å². The van der Waals surface area contributed by atoms with Crippen LogP contribution in [0.15, 0.2) is 53.0 Å². The minimum atomic E-state index is 0.0813. The Morgan fingerprint density at radius 3 is 2.09 bits per heavy atom. The van der Waals surface area contributed by atoms with Gasteiger partial charge in [0.1, 0.15) is 5.75 Å². The molecule has 1 N–H and O–H groups in total. The monoisotopic (exact) mass is 360 g/mol. The van der Waals surface area contributed by atoms with Crippen molar-refractivity contribution in [2.24, 2.45) is 0 Å². The van der Waals surface area contributed by atoms with Crippen molar-refractivity contribution in [2.45, 2.75) is 0 Å². The molecule has 1 fully saturated rings. The van der Waals surface area contributed by atoms with Gasteiger partial charge < -0.3 is 14.9 Å². The molecule has 0 saturated carbocycles. The third kappa shape index (κ3) is 3.25. The minimum absolute atomic E-state index is 0.0813. The summed E-state index contributed by atoms with van der Waals surface area (Å²) in [6.07, 6.45) is 0. The smallest absolute Gasteiger partial charge is 0.253 e. The summed E-state index contributed by atoms with van der Waals surface area (Å²) in [5.74, 6) is 0.352. The number of carbonyl (C=O) groups excluding carboxylic acids is 1. The van der Waals surface area contributed by atoms with Crippen LogP contribution in [0.25, 0.3) is 0 Å². The quantitative estimate of drug-likeness (QED) is 0.894. The number of carbonyl (C=O) groups is 1. The van der Waals surface area contributed by atoms with E-state index in [2.05, 4.69) is 20.8 Å². The van der Waals surface area contributed by atoms with E-state index in [1.165, 1.54) is 0 Å². The summed E-state index contributed by atoms with van der Waals surface area (Å²) in [5.41, 5.74) is 1.80. The average Bonchev–Trinajstić information content (AvgIpc) is 2.56. The van der Waals surface area contributed by atoms with Crippen LogP contribution in [-0.4, -0.2) is 42.1 Å². The first kappa shape index (κ1) is 14.9. The lowest BCUT2D eigenvalue weighted by Crippen LogP contribution is -2.48. The topological polar surface area (TPSA) is 43.8 Å². The van der Waals surface area contributed by atoms with Crippen molar-refractivity contribution in [1.29, 1.82) is 0 Å². The van der Waals surface area contributed by atoms with Gasteiger partial charge in [-0.3, -0.25) is 4.79 Å². The van der Waals surface area contributed by atoms with Crippen molar-refractivity contribution in [3.63, 3.8) is 0 Å². The van der Waals surface area contributed by atoms with Crippen molar-refractivity contribution in [3.05, 3.63) is 58.6 Å². The van der Waals surface area contributed by atoms with Gasteiger partial charge in [-0.25, -0.2) is 0 Å². The van der Waals surface area contributed by atoms with E-state index in [9.17, 15) is 9.90 Å². The van der Waals surface area contributed by atoms with Crippen molar-refractivity contribution >= 4 is 27.5 Å². The highest BCUT2D eigenvalue weighted by Crippen LogP contribution is 2.20. The summed E-state index contributed by atoms with van der Waals surface area (Å²) in [5, 5.41) is 9.34. The Hall–Kier alpha value is -2.01. The number of amides is 1. The molecule has 3 rings (SSSR count). The highest BCUT2D eigenvalue weighted by atomic mass is 79.9. The van der Waals surface area contributed by atoms with Gasteiger partial charge in [-0.05, 0) is 48.5 Å². The van der Waals surface area contributed by atoms with Gasteiger partial charge in [-0.15, -0.1) is 0 Å². The Morgan fingerprint density at radius 1 is 0.909 bits per heavy atom. The van der Waals surface area contributed by atoms with Gasteiger partial charge in [0, 0.05) is 41.9 Å². The number of phenols is 1. The number of halogens is 1. The van der Waals surface area contributed by atoms with E-state index in [4.69, 9.17) is 0 Å². The van der Waals surface area contributed by atoms with E-state index in [1.54, 1.807) is 12.1 Å². The number of hydrogen-bond acceptors (Lipinski definition) is 3. The SMILES string of the molecule is O=C(c1ccc(Br)cc1)N1CCN(c2ccc(O)cc2)CC1. The lowest BCUT2D eigenvalue weighted by atomic mass is 10.1. The highest BCUT2D eigenvalue weighted by Gasteiger charge is 2.22. The van der Waals surface area contributed by atoms with Crippen molar-refractivity contribution in [3.8, 4) is 5.75 Å². The molecule has 0 aliphatic carbocycles. The normalized spacial score (nSPS) is 15.0. The molecule has 0 spiro atoms. The van der Waals surface area contributed by atoms with E-state index in [-0.39, 0.29) is 11.7 Å². The first-order chi connectivity index (χ1) is 10.6. The number of piperazine rings is 1. The second kappa shape index (κ2) is 6.40. The predicted molar refractivity (Wildman–Crippen MR) is 90.4 cm³/mol. The molecular formula is C17H17BrN2O2. The Balaban J connectivity index is 1.62. The maximum Gasteiger partial charge on any atom is 0.253 e. The van der Waals surface area contributed by atoms with Gasteiger partial charge in [-0.1, -0.05) is 15.9 Å². The fourth-order valence-corrected chi connectivity index (χ4v) is 2.87. The summed E-state index contributed by atoms with van der Waals surface area (Å²) in [7, 11) is 0. The fraction of sp³-hybridized carbons (Fsp3) is 0.235. The minimum Gasteiger partial charge on any atom is -0.508 e. The van der Waals surface area contributed by atoms with Crippen LogP contribution in [0, 0.1) is 0 Å². The molecule has 0 aromatic heterocycles. The molecule has 0 unspecified atom stereocenters. The van der Waals surface area contributed by atoms with E-state index < -0.39 is 0 Å². The molecule has 114 valence electrons. The Kier molecular flexibility index (Phi) is 4.34. The van der Waals surface area contributed by atoms with Gasteiger partial charge in [0.15, 0.2) is 0 Å². The zero-order valence-electron chi connectivity index (χ0n) is 12.1. The average molecular weight is 361 g/mol. The van der Waals surface area contributed by atoms with Crippen LogP contribution in [0.5, 0.6) is 5.75 Å². The molecular weight excluding hydrogens is 344 g/mol. The number of rotatable bonds is 2. The summed E-state index contributed by atoms with van der Waals surface area (Å²) in [6.45, 7) is 3.01. The first-order valence-electron chi connectivity index (χ1n) is 7.22. The maximum absolute atomic E-state index is 12.5. The Bertz CT molecular complexity index is 647. The van der Waals surface area contributed by atoms with E-state index in [0.29, 0.717) is 13.1 Å². The van der Waals surface area contributed by atoms with Crippen LogP contribution < -0.4 is 4.90 Å². The molecule has 4 nitrogen and oxygen atoms in total. The van der Waals surface area contributed by atoms with Crippen molar-refractivity contribution in [2.75, 3.05) is 31.1 Å². The van der Waals surface area contributed by atoms with Crippen LogP contribution in [-0.2, 0) is 0 Å². The zero-order valence-corrected chi connectivity index (χ0v) is 13.7. The van der Waals surface area contributed by atoms with Gasteiger partial charge in [0.2, 0.25) is 0 Å². The van der Waals surface area contributed by atoms with Gasteiger partial charge >= 0.3 is 0 Å². The third-order valence-electron chi connectivity index (χ3n) is 3.87. The van der Waals surface area contributed by atoms with Crippen LogP contribution in [0.3, 0.4) is 0 Å².